The first-order valence-corrected chi connectivity index (χ1v) is 8.56. The molecule has 0 aliphatic heterocycles. The van der Waals surface area contributed by atoms with Crippen molar-refractivity contribution in [2.24, 2.45) is 23.7 Å². The van der Waals surface area contributed by atoms with Crippen molar-refractivity contribution in [1.29, 1.82) is 0 Å². The molecule has 1 N–H and O–H groups in total. The van der Waals surface area contributed by atoms with Gasteiger partial charge in [0.2, 0.25) is 5.91 Å². The van der Waals surface area contributed by atoms with E-state index in [1.54, 1.807) is 0 Å². The van der Waals surface area contributed by atoms with Gasteiger partial charge in [0.05, 0.1) is 6.10 Å². The molecule has 3 aliphatic carbocycles. The normalized spacial score (nSPS) is 40.6. The molecule has 0 radical (unpaired) electrons. The molecule has 0 bridgehead atoms. The predicted molar refractivity (Wildman–Crippen MR) is 79.2 cm³/mol. The molecule has 3 fully saturated rings. The van der Waals surface area contributed by atoms with Gasteiger partial charge in [-0.25, -0.2) is 0 Å². The van der Waals surface area contributed by atoms with E-state index in [-0.39, 0.29) is 12.0 Å². The number of carbonyl (C=O) groups is 1. The van der Waals surface area contributed by atoms with E-state index in [4.69, 9.17) is 0 Å². The van der Waals surface area contributed by atoms with Crippen molar-refractivity contribution in [3.05, 3.63) is 0 Å². The van der Waals surface area contributed by atoms with Crippen LogP contribution in [0.15, 0.2) is 0 Å². The molecule has 114 valence electrons. The van der Waals surface area contributed by atoms with E-state index in [0.29, 0.717) is 11.8 Å². The molecule has 0 aromatic heterocycles. The molecular weight excluding hydrogens is 250 g/mol. The van der Waals surface area contributed by atoms with Gasteiger partial charge in [-0.05, 0) is 49.9 Å². The van der Waals surface area contributed by atoms with Crippen LogP contribution >= 0.6 is 0 Å². The van der Waals surface area contributed by atoms with Crippen LogP contribution in [0.3, 0.4) is 0 Å². The molecule has 3 unspecified atom stereocenters. The van der Waals surface area contributed by atoms with E-state index < -0.39 is 0 Å². The van der Waals surface area contributed by atoms with Crippen molar-refractivity contribution in [3.63, 3.8) is 0 Å². The van der Waals surface area contributed by atoms with E-state index in [1.165, 1.54) is 32.1 Å². The van der Waals surface area contributed by atoms with Crippen LogP contribution in [0.2, 0.25) is 0 Å². The Morgan fingerprint density at radius 2 is 1.75 bits per heavy atom. The van der Waals surface area contributed by atoms with Crippen LogP contribution in [0, 0.1) is 23.7 Å². The Hall–Kier alpha value is -0.570. The van der Waals surface area contributed by atoms with E-state index in [1.807, 2.05) is 11.9 Å². The molecule has 3 heteroatoms. The molecule has 3 atom stereocenters. The Morgan fingerprint density at radius 1 is 1.05 bits per heavy atom. The van der Waals surface area contributed by atoms with Crippen LogP contribution in [0.25, 0.3) is 0 Å². The number of carbonyl (C=O) groups excluding carboxylic acids is 1. The van der Waals surface area contributed by atoms with Gasteiger partial charge in [0.1, 0.15) is 0 Å². The van der Waals surface area contributed by atoms with Gasteiger partial charge in [0.15, 0.2) is 0 Å². The Labute approximate surface area is 122 Å². The summed E-state index contributed by atoms with van der Waals surface area (Å²) in [7, 11) is 1.96. The fourth-order valence-electron chi connectivity index (χ4n) is 4.74. The summed E-state index contributed by atoms with van der Waals surface area (Å²) in [6, 6.07) is 0. The quantitative estimate of drug-likeness (QED) is 0.863. The second-order valence-electron chi connectivity index (χ2n) is 7.52. The molecule has 20 heavy (non-hydrogen) atoms. The van der Waals surface area contributed by atoms with Crippen LogP contribution in [0.1, 0.15) is 57.8 Å². The predicted octanol–water partition coefficient (Wildman–Crippen LogP) is 2.82. The molecular formula is C17H29NO2. The first-order chi connectivity index (χ1) is 9.63. The smallest absolute Gasteiger partial charge is 0.225 e. The molecule has 3 nitrogen and oxygen atoms in total. The molecule has 0 heterocycles. The number of rotatable bonds is 3. The highest BCUT2D eigenvalue weighted by Gasteiger charge is 2.37. The van der Waals surface area contributed by atoms with E-state index >= 15 is 0 Å². The second-order valence-corrected chi connectivity index (χ2v) is 7.52. The van der Waals surface area contributed by atoms with Crippen molar-refractivity contribution in [2.45, 2.75) is 63.9 Å². The standard InChI is InChI=1S/C17H29NO2/c1-18(11-12-8-16(19)9-12)17(20)15-7-6-13-4-2-3-5-14(13)10-15/h12-16,19H,2-11H2,1H3. The molecule has 0 spiro atoms. The molecule has 0 aromatic carbocycles. The molecule has 3 aliphatic rings. The molecule has 3 rings (SSSR count). The summed E-state index contributed by atoms with van der Waals surface area (Å²) >= 11 is 0. The molecule has 0 saturated heterocycles. The zero-order valence-corrected chi connectivity index (χ0v) is 12.8. The third kappa shape index (κ3) is 3.03. The largest absolute Gasteiger partial charge is 0.393 e. The maximum atomic E-state index is 12.6. The monoisotopic (exact) mass is 279 g/mol. The van der Waals surface area contributed by atoms with Gasteiger partial charge in [-0.15, -0.1) is 0 Å². The van der Waals surface area contributed by atoms with E-state index in [9.17, 15) is 9.90 Å². The first-order valence-electron chi connectivity index (χ1n) is 8.56. The minimum atomic E-state index is -0.110. The highest BCUT2D eigenvalue weighted by Crippen LogP contribution is 2.43. The Kier molecular flexibility index (Phi) is 4.34. The topological polar surface area (TPSA) is 40.5 Å². The van der Waals surface area contributed by atoms with Gasteiger partial charge < -0.3 is 10.0 Å². The lowest BCUT2D eigenvalue weighted by atomic mass is 9.67. The maximum Gasteiger partial charge on any atom is 0.225 e. The Bertz CT molecular complexity index is 351. The number of aliphatic hydroxyl groups is 1. The Morgan fingerprint density at radius 3 is 2.45 bits per heavy atom. The minimum absolute atomic E-state index is 0.110. The Balaban J connectivity index is 1.49. The van der Waals surface area contributed by atoms with Crippen LogP contribution in [-0.2, 0) is 4.79 Å². The van der Waals surface area contributed by atoms with Crippen LogP contribution in [0.5, 0.6) is 0 Å². The summed E-state index contributed by atoms with van der Waals surface area (Å²) in [5, 5.41) is 9.34. The van der Waals surface area contributed by atoms with Crippen LogP contribution in [-0.4, -0.2) is 35.6 Å². The fraction of sp³-hybridized carbons (Fsp3) is 0.941. The number of fused-ring (bicyclic) bond motifs is 1. The summed E-state index contributed by atoms with van der Waals surface area (Å²) in [4.78, 5) is 14.5. The number of aliphatic hydroxyl groups excluding tert-OH is 1. The van der Waals surface area contributed by atoms with E-state index in [0.717, 1.165) is 44.1 Å². The molecule has 1 amide bonds. The zero-order valence-electron chi connectivity index (χ0n) is 12.8. The lowest BCUT2D eigenvalue weighted by Crippen LogP contribution is -2.43. The maximum absolute atomic E-state index is 12.6. The summed E-state index contributed by atoms with van der Waals surface area (Å²) < 4.78 is 0. The van der Waals surface area contributed by atoms with Gasteiger partial charge >= 0.3 is 0 Å². The fourth-order valence-corrected chi connectivity index (χ4v) is 4.74. The number of hydrogen-bond acceptors (Lipinski definition) is 2. The number of hydrogen-bond donors (Lipinski definition) is 1. The SMILES string of the molecule is CN(CC1CC(O)C1)C(=O)C1CCC2CCCCC2C1. The lowest BCUT2D eigenvalue weighted by molar-refractivity contribution is -0.138. The van der Waals surface area contributed by atoms with E-state index in [2.05, 4.69) is 0 Å². The second kappa shape index (κ2) is 6.05. The summed E-state index contributed by atoms with van der Waals surface area (Å²) in [6.45, 7) is 0.848. The lowest BCUT2D eigenvalue weighted by Gasteiger charge is -2.41. The van der Waals surface area contributed by atoms with Gasteiger partial charge in [-0.3, -0.25) is 4.79 Å². The van der Waals surface area contributed by atoms with Crippen LogP contribution < -0.4 is 0 Å². The van der Waals surface area contributed by atoms with Crippen molar-refractivity contribution < 1.29 is 9.90 Å². The summed E-state index contributed by atoms with van der Waals surface area (Å²) in [6.07, 6.45) is 10.7. The van der Waals surface area contributed by atoms with Crippen molar-refractivity contribution in [3.8, 4) is 0 Å². The third-order valence-electron chi connectivity index (χ3n) is 6.01. The van der Waals surface area contributed by atoms with Gasteiger partial charge in [-0.2, -0.15) is 0 Å². The average molecular weight is 279 g/mol. The van der Waals surface area contributed by atoms with Gasteiger partial charge in [0, 0.05) is 19.5 Å². The molecule has 3 saturated carbocycles. The summed E-state index contributed by atoms with van der Waals surface area (Å²) in [5.41, 5.74) is 0. The van der Waals surface area contributed by atoms with Crippen molar-refractivity contribution in [1.82, 2.24) is 4.90 Å². The number of nitrogens with zero attached hydrogens (tertiary/aromatic N) is 1. The minimum Gasteiger partial charge on any atom is -0.393 e. The van der Waals surface area contributed by atoms with Crippen molar-refractivity contribution >= 4 is 5.91 Å². The van der Waals surface area contributed by atoms with Gasteiger partial charge in [-0.1, -0.05) is 25.7 Å². The zero-order chi connectivity index (χ0) is 14.1. The third-order valence-corrected chi connectivity index (χ3v) is 6.01. The van der Waals surface area contributed by atoms with Gasteiger partial charge in [0.25, 0.3) is 0 Å². The average Bonchev–Trinajstić information content (AvgIpc) is 2.44. The molecule has 0 aromatic rings. The van der Waals surface area contributed by atoms with Crippen LogP contribution in [0.4, 0.5) is 0 Å². The number of amides is 1. The highest BCUT2D eigenvalue weighted by molar-refractivity contribution is 5.78. The highest BCUT2D eigenvalue weighted by atomic mass is 16.3. The van der Waals surface area contributed by atoms with Crippen molar-refractivity contribution in [2.75, 3.05) is 13.6 Å². The first kappa shape index (κ1) is 14.4. The summed E-state index contributed by atoms with van der Waals surface area (Å²) in [5.74, 6) is 2.93.